The minimum Gasteiger partial charge on any atom is -0.466 e. The summed E-state index contributed by atoms with van der Waals surface area (Å²) >= 11 is 0. The standard InChI is InChI=1S/C41H74N2O12/c1-5-9-11-21-34(54-40(50)27-17-25-38(48)52-29-7-3)32(44)19-13-15-23-36(46)42-31-43-37(47)24-16-14-20-33(45)35(22-12-10-6-2)55-41(51)28-18-26-39(49)53-30-8-4/h32-35,44-45H,5-31H2,1-4H3,(H,42,46)(H,43,47). The zero-order valence-corrected chi connectivity index (χ0v) is 34.4. The molecule has 0 aromatic carbocycles. The van der Waals surface area contributed by atoms with Crippen molar-refractivity contribution >= 4 is 35.7 Å². The number of hydrogen-bond donors (Lipinski definition) is 4. The van der Waals surface area contributed by atoms with Gasteiger partial charge in [-0.25, -0.2) is 0 Å². The van der Waals surface area contributed by atoms with E-state index in [1.807, 2.05) is 13.8 Å². The molecule has 55 heavy (non-hydrogen) atoms. The summed E-state index contributed by atoms with van der Waals surface area (Å²) in [6.07, 6.45) is 9.35. The van der Waals surface area contributed by atoms with E-state index < -0.39 is 36.4 Å². The maximum absolute atomic E-state index is 12.4. The molecule has 0 aliphatic rings. The van der Waals surface area contributed by atoms with Gasteiger partial charge in [0.05, 0.1) is 32.1 Å². The zero-order chi connectivity index (χ0) is 41.1. The third-order valence-corrected chi connectivity index (χ3v) is 8.94. The Labute approximate surface area is 329 Å². The summed E-state index contributed by atoms with van der Waals surface area (Å²) in [6.45, 7) is 8.64. The molecule has 0 saturated carbocycles. The number of amides is 2. The van der Waals surface area contributed by atoms with Crippen molar-refractivity contribution in [2.45, 2.75) is 206 Å². The molecule has 14 heteroatoms. The van der Waals surface area contributed by atoms with Crippen LogP contribution in [0.15, 0.2) is 0 Å². The Kier molecular flexibility index (Phi) is 33.1. The number of esters is 4. The van der Waals surface area contributed by atoms with Gasteiger partial charge in [0.25, 0.3) is 0 Å². The van der Waals surface area contributed by atoms with Crippen LogP contribution >= 0.6 is 0 Å². The number of rotatable bonds is 36. The number of nitrogens with one attached hydrogen (secondary N) is 2. The summed E-state index contributed by atoms with van der Waals surface area (Å²) in [6, 6.07) is 0. The lowest BCUT2D eigenvalue weighted by atomic mass is 10.0. The lowest BCUT2D eigenvalue weighted by Crippen LogP contribution is -2.37. The second kappa shape index (κ2) is 35.2. The molecule has 4 N–H and O–H groups in total. The first-order valence-corrected chi connectivity index (χ1v) is 21.1. The van der Waals surface area contributed by atoms with Gasteiger partial charge in [0, 0.05) is 38.5 Å². The van der Waals surface area contributed by atoms with Crippen molar-refractivity contribution in [2.75, 3.05) is 19.9 Å². The Morgan fingerprint density at radius 3 is 1.16 bits per heavy atom. The highest BCUT2D eigenvalue weighted by molar-refractivity contribution is 5.78. The topological polar surface area (TPSA) is 204 Å². The predicted octanol–water partition coefficient (Wildman–Crippen LogP) is 6.25. The Morgan fingerprint density at radius 2 is 0.800 bits per heavy atom. The second-order valence-corrected chi connectivity index (χ2v) is 14.2. The maximum Gasteiger partial charge on any atom is 0.306 e. The SMILES string of the molecule is CCCCCC(OC(=O)CCCC(=O)OCCC)C(O)CCCCC(=O)NCNC(=O)CCCCC(O)C(CCCCC)OC(=O)CCCC(=O)OCCC. The van der Waals surface area contributed by atoms with Gasteiger partial charge >= 0.3 is 23.9 Å². The van der Waals surface area contributed by atoms with Gasteiger partial charge in [0.2, 0.25) is 11.8 Å². The number of hydrogen-bond acceptors (Lipinski definition) is 12. The number of carbonyl (C=O) groups is 6. The zero-order valence-electron chi connectivity index (χ0n) is 34.4. The Bertz CT molecular complexity index is 976. The van der Waals surface area contributed by atoms with E-state index in [1.54, 1.807) is 0 Å². The van der Waals surface area contributed by atoms with E-state index in [0.29, 0.717) is 77.4 Å². The molecule has 0 fully saturated rings. The van der Waals surface area contributed by atoms with Gasteiger partial charge in [0.1, 0.15) is 12.2 Å². The molecular formula is C41H74N2O12. The fourth-order valence-corrected chi connectivity index (χ4v) is 5.70. The molecule has 0 rings (SSSR count). The van der Waals surface area contributed by atoms with E-state index in [0.717, 1.165) is 51.4 Å². The molecule has 0 aromatic heterocycles. The van der Waals surface area contributed by atoms with E-state index in [4.69, 9.17) is 18.9 Å². The molecule has 0 heterocycles. The van der Waals surface area contributed by atoms with Crippen LogP contribution in [0.5, 0.6) is 0 Å². The quantitative estimate of drug-likeness (QED) is 0.0241. The average molecular weight is 787 g/mol. The summed E-state index contributed by atoms with van der Waals surface area (Å²) in [7, 11) is 0. The van der Waals surface area contributed by atoms with Crippen LogP contribution in [0.2, 0.25) is 0 Å². The highest BCUT2D eigenvalue weighted by Gasteiger charge is 2.24. The van der Waals surface area contributed by atoms with Crippen molar-refractivity contribution in [1.82, 2.24) is 10.6 Å². The van der Waals surface area contributed by atoms with Gasteiger partial charge in [-0.2, -0.15) is 0 Å². The number of aliphatic hydroxyl groups is 2. The van der Waals surface area contributed by atoms with Crippen LogP contribution in [0.3, 0.4) is 0 Å². The second-order valence-electron chi connectivity index (χ2n) is 14.2. The fourth-order valence-electron chi connectivity index (χ4n) is 5.70. The highest BCUT2D eigenvalue weighted by atomic mass is 16.6. The van der Waals surface area contributed by atoms with Crippen LogP contribution in [0, 0.1) is 0 Å². The van der Waals surface area contributed by atoms with Crippen LogP contribution in [0.4, 0.5) is 0 Å². The van der Waals surface area contributed by atoms with Crippen molar-refractivity contribution in [2.24, 2.45) is 0 Å². The molecule has 4 unspecified atom stereocenters. The van der Waals surface area contributed by atoms with Crippen LogP contribution < -0.4 is 10.6 Å². The predicted molar refractivity (Wildman–Crippen MR) is 208 cm³/mol. The molecule has 4 atom stereocenters. The monoisotopic (exact) mass is 787 g/mol. The maximum atomic E-state index is 12.4. The summed E-state index contributed by atoms with van der Waals surface area (Å²) in [5.74, 6) is -2.06. The lowest BCUT2D eigenvalue weighted by Gasteiger charge is -2.23. The Morgan fingerprint density at radius 1 is 0.436 bits per heavy atom. The summed E-state index contributed by atoms with van der Waals surface area (Å²) in [5, 5.41) is 26.9. The molecule has 0 bridgehead atoms. The van der Waals surface area contributed by atoms with Crippen LogP contribution in [-0.2, 0) is 47.7 Å². The molecule has 0 aliphatic carbocycles. The highest BCUT2D eigenvalue weighted by Crippen LogP contribution is 2.19. The number of aliphatic hydroxyl groups excluding tert-OH is 2. The minimum absolute atomic E-state index is 0.0134. The van der Waals surface area contributed by atoms with Crippen molar-refractivity contribution in [3.63, 3.8) is 0 Å². The Hall–Kier alpha value is -3.26. The van der Waals surface area contributed by atoms with E-state index in [-0.39, 0.29) is 68.9 Å². The van der Waals surface area contributed by atoms with Gasteiger partial charge in [-0.3, -0.25) is 28.8 Å². The van der Waals surface area contributed by atoms with Gasteiger partial charge in [0.15, 0.2) is 0 Å². The van der Waals surface area contributed by atoms with E-state index in [9.17, 15) is 39.0 Å². The molecule has 0 aliphatic heterocycles. The van der Waals surface area contributed by atoms with Crippen LogP contribution in [0.25, 0.3) is 0 Å². The normalized spacial score (nSPS) is 13.2. The minimum atomic E-state index is -0.861. The average Bonchev–Trinajstić information content (AvgIpc) is 3.15. The summed E-state index contributed by atoms with van der Waals surface area (Å²) < 4.78 is 21.2. The fraction of sp³-hybridized carbons (Fsp3) is 0.854. The summed E-state index contributed by atoms with van der Waals surface area (Å²) in [5.41, 5.74) is 0. The third kappa shape index (κ3) is 30.6. The molecule has 14 nitrogen and oxygen atoms in total. The molecular weight excluding hydrogens is 712 g/mol. The van der Waals surface area contributed by atoms with Gasteiger partial charge in [-0.05, 0) is 77.0 Å². The first-order valence-electron chi connectivity index (χ1n) is 21.1. The molecule has 0 saturated heterocycles. The molecule has 0 spiro atoms. The number of ether oxygens (including phenoxy) is 4. The van der Waals surface area contributed by atoms with E-state index >= 15 is 0 Å². The van der Waals surface area contributed by atoms with E-state index in [1.165, 1.54) is 0 Å². The van der Waals surface area contributed by atoms with E-state index in [2.05, 4.69) is 24.5 Å². The van der Waals surface area contributed by atoms with Crippen LogP contribution in [0.1, 0.15) is 182 Å². The third-order valence-electron chi connectivity index (χ3n) is 8.94. The first-order chi connectivity index (χ1) is 26.5. The van der Waals surface area contributed by atoms with Gasteiger partial charge in [-0.15, -0.1) is 0 Å². The van der Waals surface area contributed by atoms with Crippen molar-refractivity contribution in [3.05, 3.63) is 0 Å². The van der Waals surface area contributed by atoms with Crippen molar-refractivity contribution < 1.29 is 57.9 Å². The molecule has 0 radical (unpaired) electrons. The largest absolute Gasteiger partial charge is 0.466 e. The molecule has 0 aromatic rings. The lowest BCUT2D eigenvalue weighted by molar-refractivity contribution is -0.157. The summed E-state index contributed by atoms with van der Waals surface area (Å²) in [4.78, 5) is 72.8. The molecule has 2 amide bonds. The smallest absolute Gasteiger partial charge is 0.306 e. The number of unbranched alkanes of at least 4 members (excludes halogenated alkanes) is 6. The van der Waals surface area contributed by atoms with Crippen LogP contribution in [-0.4, -0.2) is 90.2 Å². The molecule has 320 valence electrons. The Balaban J connectivity index is 4.40. The van der Waals surface area contributed by atoms with Gasteiger partial charge in [-0.1, -0.05) is 66.2 Å². The number of carbonyl (C=O) groups excluding carboxylic acids is 6. The van der Waals surface area contributed by atoms with Gasteiger partial charge < -0.3 is 39.8 Å². The first kappa shape index (κ1) is 51.7. The van der Waals surface area contributed by atoms with Crippen molar-refractivity contribution in [3.8, 4) is 0 Å². The van der Waals surface area contributed by atoms with Crippen molar-refractivity contribution in [1.29, 1.82) is 0 Å².